The van der Waals surface area contributed by atoms with Gasteiger partial charge in [-0.15, -0.1) is 13.2 Å². The lowest BCUT2D eigenvalue weighted by Gasteiger charge is -2.13. The predicted molar refractivity (Wildman–Crippen MR) is 44.7 cm³/mol. The maximum absolute atomic E-state index is 12.2. The number of nitrogens with two attached hydrogens (primary N) is 2. The first-order chi connectivity index (χ1) is 7.20. The predicted octanol–water partition coefficient (Wildman–Crippen LogP) is 2.08. The van der Waals surface area contributed by atoms with E-state index in [4.69, 9.17) is 11.5 Å². The molecule has 1 aromatic rings. The fraction of sp³-hybridized carbons (Fsp3) is 0.286. The summed E-state index contributed by atoms with van der Waals surface area (Å²) in [5, 5.41) is 0. The van der Waals surface area contributed by atoms with Crippen LogP contribution < -0.4 is 16.2 Å². The molecule has 0 unspecified atom stereocenters. The van der Waals surface area contributed by atoms with Crippen LogP contribution in [0.4, 0.5) is 33.5 Å². The molecule has 0 saturated heterocycles. The first kappa shape index (κ1) is 12.3. The zero-order valence-electron chi connectivity index (χ0n) is 7.55. The first-order valence-corrected chi connectivity index (χ1v) is 3.80. The SMILES string of the molecule is Nc1cc(C(F)F)nc(N)c1OC(F)(F)F. The van der Waals surface area contributed by atoms with E-state index in [-0.39, 0.29) is 0 Å². The van der Waals surface area contributed by atoms with Crippen molar-refractivity contribution in [2.45, 2.75) is 12.8 Å². The van der Waals surface area contributed by atoms with Gasteiger partial charge in [-0.05, 0) is 6.07 Å². The molecular weight excluding hydrogens is 237 g/mol. The molecule has 0 spiro atoms. The van der Waals surface area contributed by atoms with Gasteiger partial charge >= 0.3 is 6.36 Å². The number of anilines is 2. The molecule has 1 heterocycles. The Hall–Kier alpha value is -1.80. The van der Waals surface area contributed by atoms with Crippen molar-refractivity contribution in [1.82, 2.24) is 4.98 Å². The van der Waals surface area contributed by atoms with E-state index < -0.39 is 35.7 Å². The van der Waals surface area contributed by atoms with Crippen molar-refractivity contribution in [2.75, 3.05) is 11.5 Å². The van der Waals surface area contributed by atoms with E-state index in [2.05, 4.69) is 9.72 Å². The molecule has 0 saturated carbocycles. The fourth-order valence-corrected chi connectivity index (χ4v) is 0.934. The molecule has 0 radical (unpaired) electrons. The number of pyridine rings is 1. The summed E-state index contributed by atoms with van der Waals surface area (Å²) in [6.07, 6.45) is -8.00. The Bertz CT molecular complexity index is 369. The molecule has 0 aromatic carbocycles. The van der Waals surface area contributed by atoms with Gasteiger partial charge in [0.25, 0.3) is 6.43 Å². The van der Waals surface area contributed by atoms with Crippen molar-refractivity contribution >= 4 is 11.5 Å². The molecule has 90 valence electrons. The van der Waals surface area contributed by atoms with Gasteiger partial charge in [0.15, 0.2) is 11.6 Å². The van der Waals surface area contributed by atoms with Crippen LogP contribution in [0.1, 0.15) is 12.1 Å². The summed E-state index contributed by atoms with van der Waals surface area (Å²) in [4.78, 5) is 3.04. The molecule has 9 heteroatoms. The number of nitrogens with zero attached hydrogens (tertiary/aromatic N) is 1. The number of hydrogen-bond donors (Lipinski definition) is 2. The summed E-state index contributed by atoms with van der Waals surface area (Å²) in [6, 6.07) is 0.572. The quantitative estimate of drug-likeness (QED) is 0.780. The van der Waals surface area contributed by atoms with E-state index in [0.29, 0.717) is 6.07 Å². The Kier molecular flexibility index (Phi) is 3.06. The lowest BCUT2D eigenvalue weighted by Crippen LogP contribution is -2.19. The van der Waals surface area contributed by atoms with Crippen molar-refractivity contribution in [3.05, 3.63) is 11.8 Å². The number of ether oxygens (including phenoxy) is 1. The zero-order chi connectivity index (χ0) is 12.5. The van der Waals surface area contributed by atoms with Crippen LogP contribution in [-0.2, 0) is 0 Å². The Labute approximate surface area is 86.0 Å². The third kappa shape index (κ3) is 2.84. The Balaban J connectivity index is 3.13. The van der Waals surface area contributed by atoms with Crippen molar-refractivity contribution in [1.29, 1.82) is 0 Å². The van der Waals surface area contributed by atoms with Crippen LogP contribution in [0.15, 0.2) is 6.07 Å². The van der Waals surface area contributed by atoms with Gasteiger partial charge in [0, 0.05) is 0 Å². The highest BCUT2D eigenvalue weighted by atomic mass is 19.4. The molecule has 4 nitrogen and oxygen atoms in total. The highest BCUT2D eigenvalue weighted by Crippen LogP contribution is 2.35. The number of halogens is 5. The lowest BCUT2D eigenvalue weighted by atomic mass is 10.3. The van der Waals surface area contributed by atoms with Gasteiger partial charge in [-0.25, -0.2) is 13.8 Å². The maximum Gasteiger partial charge on any atom is 0.573 e. The van der Waals surface area contributed by atoms with Crippen LogP contribution >= 0.6 is 0 Å². The van der Waals surface area contributed by atoms with E-state index in [1.165, 1.54) is 0 Å². The first-order valence-electron chi connectivity index (χ1n) is 3.80. The molecule has 0 aliphatic heterocycles. The van der Waals surface area contributed by atoms with Gasteiger partial charge in [-0.1, -0.05) is 0 Å². The monoisotopic (exact) mass is 243 g/mol. The van der Waals surface area contributed by atoms with Gasteiger partial charge in [-0.3, -0.25) is 0 Å². The van der Waals surface area contributed by atoms with Gasteiger partial charge in [0.05, 0.1) is 5.69 Å². The number of aromatic nitrogens is 1. The van der Waals surface area contributed by atoms with Crippen LogP contribution in [0.5, 0.6) is 5.75 Å². The van der Waals surface area contributed by atoms with Crippen molar-refractivity contribution in [2.24, 2.45) is 0 Å². The normalized spacial score (nSPS) is 11.9. The third-order valence-electron chi connectivity index (χ3n) is 1.49. The average Bonchev–Trinajstić information content (AvgIpc) is 2.09. The molecule has 1 aromatic heterocycles. The topological polar surface area (TPSA) is 74.2 Å². The summed E-state index contributed by atoms with van der Waals surface area (Å²) in [6.45, 7) is 0. The van der Waals surface area contributed by atoms with Crippen LogP contribution in [0.3, 0.4) is 0 Å². The minimum atomic E-state index is -5.02. The number of rotatable bonds is 2. The Morgan fingerprint density at radius 3 is 2.19 bits per heavy atom. The van der Waals surface area contributed by atoms with Crippen molar-refractivity contribution in [3.63, 3.8) is 0 Å². The van der Waals surface area contributed by atoms with Crippen LogP contribution in [0.2, 0.25) is 0 Å². The fourth-order valence-electron chi connectivity index (χ4n) is 0.934. The molecule has 4 N–H and O–H groups in total. The number of alkyl halides is 5. The highest BCUT2D eigenvalue weighted by Gasteiger charge is 2.33. The zero-order valence-corrected chi connectivity index (χ0v) is 7.55. The summed E-state index contributed by atoms with van der Waals surface area (Å²) >= 11 is 0. The molecule has 0 aliphatic rings. The van der Waals surface area contributed by atoms with Gasteiger partial charge in [-0.2, -0.15) is 0 Å². The molecule has 1 rings (SSSR count). The summed E-state index contributed by atoms with van der Waals surface area (Å²) < 4.78 is 63.3. The Morgan fingerprint density at radius 2 is 1.81 bits per heavy atom. The summed E-state index contributed by atoms with van der Waals surface area (Å²) in [5.74, 6) is -1.82. The maximum atomic E-state index is 12.2. The van der Waals surface area contributed by atoms with E-state index in [1.807, 2.05) is 0 Å². The minimum absolute atomic E-state index is 0.572. The number of hydrogen-bond acceptors (Lipinski definition) is 4. The second-order valence-electron chi connectivity index (χ2n) is 2.70. The van der Waals surface area contributed by atoms with Crippen LogP contribution in [0.25, 0.3) is 0 Å². The largest absolute Gasteiger partial charge is 0.573 e. The summed E-state index contributed by atoms with van der Waals surface area (Å²) in [7, 11) is 0. The van der Waals surface area contributed by atoms with Gasteiger partial charge in [0.2, 0.25) is 0 Å². The van der Waals surface area contributed by atoms with E-state index >= 15 is 0 Å². The minimum Gasteiger partial charge on any atom is -0.400 e. The second-order valence-corrected chi connectivity index (χ2v) is 2.70. The summed E-state index contributed by atoms with van der Waals surface area (Å²) in [5.41, 5.74) is 8.64. The second kappa shape index (κ2) is 3.99. The van der Waals surface area contributed by atoms with Gasteiger partial charge in [0.1, 0.15) is 5.69 Å². The highest BCUT2D eigenvalue weighted by molar-refractivity contribution is 5.64. The van der Waals surface area contributed by atoms with Crippen molar-refractivity contribution < 1.29 is 26.7 Å². The molecule has 0 fully saturated rings. The standard InChI is InChI=1S/C7H6F5N3O/c8-5(9)3-1-2(13)4(6(14)15-3)16-7(10,11)12/h1,5H,(H4,13,14,15). The Morgan fingerprint density at radius 1 is 1.25 bits per heavy atom. The van der Waals surface area contributed by atoms with E-state index in [0.717, 1.165) is 0 Å². The molecule has 16 heavy (non-hydrogen) atoms. The van der Waals surface area contributed by atoms with Crippen LogP contribution in [-0.4, -0.2) is 11.3 Å². The number of nitrogen functional groups attached to an aromatic ring is 2. The van der Waals surface area contributed by atoms with E-state index in [9.17, 15) is 22.0 Å². The molecular formula is C7H6F5N3O. The van der Waals surface area contributed by atoms with Crippen molar-refractivity contribution in [3.8, 4) is 5.75 Å². The molecule has 0 amide bonds. The third-order valence-corrected chi connectivity index (χ3v) is 1.49. The average molecular weight is 243 g/mol. The lowest BCUT2D eigenvalue weighted by molar-refractivity contribution is -0.274. The molecule has 0 atom stereocenters. The smallest absolute Gasteiger partial charge is 0.400 e. The van der Waals surface area contributed by atoms with E-state index in [1.54, 1.807) is 0 Å². The van der Waals surface area contributed by atoms with Crippen LogP contribution in [0, 0.1) is 0 Å². The molecule has 0 bridgehead atoms. The van der Waals surface area contributed by atoms with Gasteiger partial charge < -0.3 is 16.2 Å². The molecule has 0 aliphatic carbocycles.